The van der Waals surface area contributed by atoms with Crippen LogP contribution in [0.2, 0.25) is 0 Å². The van der Waals surface area contributed by atoms with Crippen LogP contribution in [0.4, 0.5) is 0 Å². The maximum absolute atomic E-state index is 5.85. The highest BCUT2D eigenvalue weighted by molar-refractivity contribution is 14.0. The van der Waals surface area contributed by atoms with Crippen molar-refractivity contribution in [2.45, 2.75) is 65.7 Å². The van der Waals surface area contributed by atoms with Crippen LogP contribution in [0.5, 0.6) is 0 Å². The van der Waals surface area contributed by atoms with Gasteiger partial charge in [0.1, 0.15) is 0 Å². The van der Waals surface area contributed by atoms with E-state index in [1.54, 1.807) is 0 Å². The normalized spacial score (nSPS) is 22.4. The summed E-state index contributed by atoms with van der Waals surface area (Å²) in [5.41, 5.74) is 0.0139. The Bertz CT molecular complexity index is 370. The van der Waals surface area contributed by atoms with E-state index in [0.717, 1.165) is 58.3 Å². The third-order valence-electron chi connectivity index (χ3n) is 4.21. The molecule has 1 saturated heterocycles. The molecule has 0 aromatic rings. The standard InChI is InChI=1S/C18H38N4O2.HI/c1-7-19-17(20-10-9-11-23-8-2)21-14-18(5,6)22-12-15(3)24-16(4)13-22;/h15-16H,7-14H2,1-6H3,(H2,19,20,21);1H. The van der Waals surface area contributed by atoms with Gasteiger partial charge < -0.3 is 20.1 Å². The minimum Gasteiger partial charge on any atom is -0.382 e. The molecule has 1 heterocycles. The van der Waals surface area contributed by atoms with Gasteiger partial charge in [-0.05, 0) is 48.0 Å². The van der Waals surface area contributed by atoms with E-state index in [9.17, 15) is 0 Å². The number of morpholine rings is 1. The Balaban J connectivity index is 0.00000576. The molecule has 1 aliphatic heterocycles. The van der Waals surface area contributed by atoms with Gasteiger partial charge in [0.25, 0.3) is 0 Å². The molecule has 0 radical (unpaired) electrons. The summed E-state index contributed by atoms with van der Waals surface area (Å²) in [6.07, 6.45) is 1.55. The second-order valence-corrected chi connectivity index (χ2v) is 7.15. The number of aliphatic imine (C=N–C) groups is 1. The van der Waals surface area contributed by atoms with Gasteiger partial charge in [0, 0.05) is 44.9 Å². The molecule has 1 fully saturated rings. The van der Waals surface area contributed by atoms with E-state index in [2.05, 4.69) is 50.2 Å². The van der Waals surface area contributed by atoms with Crippen molar-refractivity contribution in [2.24, 2.45) is 4.99 Å². The van der Waals surface area contributed by atoms with Crippen LogP contribution in [0, 0.1) is 0 Å². The Hall–Kier alpha value is -0.120. The molecule has 1 aliphatic rings. The third kappa shape index (κ3) is 9.96. The van der Waals surface area contributed by atoms with E-state index in [4.69, 9.17) is 14.5 Å². The number of hydrogen-bond acceptors (Lipinski definition) is 4. The van der Waals surface area contributed by atoms with Crippen molar-refractivity contribution in [1.29, 1.82) is 0 Å². The van der Waals surface area contributed by atoms with Crippen molar-refractivity contribution in [3.63, 3.8) is 0 Å². The van der Waals surface area contributed by atoms with Crippen LogP contribution in [0.15, 0.2) is 4.99 Å². The van der Waals surface area contributed by atoms with Crippen LogP contribution in [0.1, 0.15) is 48.0 Å². The molecule has 0 spiro atoms. The summed E-state index contributed by atoms with van der Waals surface area (Å²) < 4.78 is 11.2. The number of halogens is 1. The zero-order chi connectivity index (χ0) is 18.0. The predicted octanol–water partition coefficient (Wildman–Crippen LogP) is 2.47. The van der Waals surface area contributed by atoms with E-state index in [1.165, 1.54) is 0 Å². The molecule has 150 valence electrons. The third-order valence-corrected chi connectivity index (χ3v) is 4.21. The molecule has 0 saturated carbocycles. The minimum atomic E-state index is 0. The van der Waals surface area contributed by atoms with E-state index < -0.39 is 0 Å². The van der Waals surface area contributed by atoms with Crippen molar-refractivity contribution in [1.82, 2.24) is 15.5 Å². The lowest BCUT2D eigenvalue weighted by atomic mass is 10.0. The Labute approximate surface area is 171 Å². The SMILES string of the molecule is CCNC(=NCC(C)(C)N1CC(C)OC(C)C1)NCCCOCC.I. The highest BCUT2D eigenvalue weighted by Gasteiger charge is 2.33. The number of nitrogens with zero attached hydrogens (tertiary/aromatic N) is 2. The van der Waals surface area contributed by atoms with Gasteiger partial charge in [-0.3, -0.25) is 9.89 Å². The second-order valence-electron chi connectivity index (χ2n) is 7.15. The van der Waals surface area contributed by atoms with Crippen LogP contribution in [0.3, 0.4) is 0 Å². The van der Waals surface area contributed by atoms with Gasteiger partial charge in [-0.25, -0.2) is 0 Å². The molecule has 0 amide bonds. The lowest BCUT2D eigenvalue weighted by Gasteiger charge is -2.44. The maximum atomic E-state index is 5.85. The number of ether oxygens (including phenoxy) is 2. The summed E-state index contributed by atoms with van der Waals surface area (Å²) in [5, 5.41) is 6.71. The molecule has 2 unspecified atom stereocenters. The highest BCUT2D eigenvalue weighted by atomic mass is 127. The molecule has 25 heavy (non-hydrogen) atoms. The molecule has 0 aromatic carbocycles. The lowest BCUT2D eigenvalue weighted by Crippen LogP contribution is -2.56. The highest BCUT2D eigenvalue weighted by Crippen LogP contribution is 2.21. The zero-order valence-corrected chi connectivity index (χ0v) is 19.3. The molecule has 0 aliphatic carbocycles. The molecule has 0 bridgehead atoms. The van der Waals surface area contributed by atoms with Crippen molar-refractivity contribution in [2.75, 3.05) is 45.9 Å². The van der Waals surface area contributed by atoms with Crippen LogP contribution in [-0.4, -0.2) is 74.5 Å². The van der Waals surface area contributed by atoms with E-state index in [-0.39, 0.29) is 41.7 Å². The summed E-state index contributed by atoms with van der Waals surface area (Å²) >= 11 is 0. The number of guanidine groups is 1. The van der Waals surface area contributed by atoms with Gasteiger partial charge in [-0.15, -0.1) is 24.0 Å². The first-order chi connectivity index (χ1) is 11.4. The van der Waals surface area contributed by atoms with E-state index in [0.29, 0.717) is 0 Å². The summed E-state index contributed by atoms with van der Waals surface area (Å²) in [5.74, 6) is 0.886. The fourth-order valence-electron chi connectivity index (χ4n) is 2.91. The Morgan fingerprint density at radius 2 is 1.84 bits per heavy atom. The number of rotatable bonds is 9. The smallest absolute Gasteiger partial charge is 0.191 e. The van der Waals surface area contributed by atoms with Crippen molar-refractivity contribution in [3.8, 4) is 0 Å². The van der Waals surface area contributed by atoms with Crippen LogP contribution in [-0.2, 0) is 9.47 Å². The maximum Gasteiger partial charge on any atom is 0.191 e. The molecule has 6 nitrogen and oxygen atoms in total. The fraction of sp³-hybridized carbons (Fsp3) is 0.944. The molecular weight excluding hydrogens is 431 g/mol. The van der Waals surface area contributed by atoms with Gasteiger partial charge in [0.15, 0.2) is 5.96 Å². The second kappa shape index (κ2) is 13.1. The Morgan fingerprint density at radius 3 is 2.40 bits per heavy atom. The van der Waals surface area contributed by atoms with E-state index >= 15 is 0 Å². The first kappa shape index (κ1) is 24.9. The average molecular weight is 470 g/mol. The Kier molecular flexibility index (Phi) is 13.0. The molecule has 7 heteroatoms. The minimum absolute atomic E-state index is 0. The Morgan fingerprint density at radius 1 is 1.20 bits per heavy atom. The van der Waals surface area contributed by atoms with E-state index in [1.807, 2.05) is 6.92 Å². The number of nitrogens with one attached hydrogen (secondary N) is 2. The first-order valence-corrected chi connectivity index (χ1v) is 9.39. The first-order valence-electron chi connectivity index (χ1n) is 9.39. The van der Waals surface area contributed by atoms with Crippen LogP contribution < -0.4 is 10.6 Å². The van der Waals surface area contributed by atoms with Gasteiger partial charge in [0.05, 0.1) is 18.8 Å². The summed E-state index contributed by atoms with van der Waals surface area (Å²) in [6.45, 7) is 18.9. The largest absolute Gasteiger partial charge is 0.382 e. The van der Waals surface area contributed by atoms with Crippen LogP contribution >= 0.6 is 24.0 Å². The van der Waals surface area contributed by atoms with Crippen molar-refractivity contribution >= 4 is 29.9 Å². The van der Waals surface area contributed by atoms with Gasteiger partial charge >= 0.3 is 0 Å². The van der Waals surface area contributed by atoms with Gasteiger partial charge in [0.2, 0.25) is 0 Å². The molecule has 1 rings (SSSR count). The van der Waals surface area contributed by atoms with Crippen molar-refractivity contribution < 1.29 is 9.47 Å². The fourth-order valence-corrected chi connectivity index (χ4v) is 2.91. The summed E-state index contributed by atoms with van der Waals surface area (Å²) in [6, 6.07) is 0. The average Bonchev–Trinajstić information content (AvgIpc) is 2.51. The molecular formula is C18H39IN4O2. The molecule has 0 aromatic heterocycles. The van der Waals surface area contributed by atoms with Crippen LogP contribution in [0.25, 0.3) is 0 Å². The topological polar surface area (TPSA) is 58.1 Å². The lowest BCUT2D eigenvalue weighted by molar-refractivity contribution is -0.0939. The quantitative estimate of drug-likeness (QED) is 0.235. The van der Waals surface area contributed by atoms with Gasteiger partial charge in [-0.2, -0.15) is 0 Å². The monoisotopic (exact) mass is 470 g/mol. The molecule has 2 N–H and O–H groups in total. The predicted molar refractivity (Wildman–Crippen MR) is 116 cm³/mol. The van der Waals surface area contributed by atoms with Gasteiger partial charge in [-0.1, -0.05) is 0 Å². The summed E-state index contributed by atoms with van der Waals surface area (Å²) in [7, 11) is 0. The number of hydrogen-bond donors (Lipinski definition) is 2. The zero-order valence-electron chi connectivity index (χ0n) is 16.9. The van der Waals surface area contributed by atoms with Crippen molar-refractivity contribution in [3.05, 3.63) is 0 Å². The summed E-state index contributed by atoms with van der Waals surface area (Å²) in [4.78, 5) is 7.29. The molecule has 2 atom stereocenters.